The van der Waals surface area contributed by atoms with E-state index in [0.717, 1.165) is 4.68 Å². The molecule has 4 rings (SSSR count). The minimum Gasteiger partial charge on any atom is -0.324 e. The molecule has 2 heterocycles. The van der Waals surface area contributed by atoms with Gasteiger partial charge in [-0.05, 0) is 66.0 Å². The van der Waals surface area contributed by atoms with Crippen LogP contribution in [0.3, 0.4) is 0 Å². The molecule has 180 valence electrons. The van der Waals surface area contributed by atoms with Crippen molar-refractivity contribution in [3.05, 3.63) is 58.6 Å². The summed E-state index contributed by atoms with van der Waals surface area (Å²) in [5, 5.41) is 6.26. The van der Waals surface area contributed by atoms with Gasteiger partial charge in [0, 0.05) is 24.0 Å². The lowest BCUT2D eigenvalue weighted by Gasteiger charge is -2.16. The van der Waals surface area contributed by atoms with Crippen LogP contribution < -0.4 is 10.0 Å². The molecule has 1 amide bonds. The molecule has 3 aromatic rings. The maximum atomic E-state index is 13.3. The molecule has 1 atom stereocenters. The topological polar surface area (TPSA) is 119 Å². The average Bonchev–Trinajstić information content (AvgIpc) is 3.55. The lowest BCUT2D eigenvalue weighted by molar-refractivity contribution is -0.142. The van der Waals surface area contributed by atoms with Crippen molar-refractivity contribution in [1.29, 1.82) is 0 Å². The van der Waals surface area contributed by atoms with Gasteiger partial charge in [0.2, 0.25) is 11.9 Å². The van der Waals surface area contributed by atoms with Gasteiger partial charge in [-0.3, -0.25) is 9.48 Å². The van der Waals surface area contributed by atoms with Gasteiger partial charge in [-0.2, -0.15) is 18.3 Å². The number of carbonyl (C=O) groups excluding carboxylic acids is 1. The van der Waals surface area contributed by atoms with Gasteiger partial charge < -0.3 is 5.32 Å². The molecule has 1 aromatic carbocycles. The minimum absolute atomic E-state index is 0.0900. The van der Waals surface area contributed by atoms with E-state index in [1.807, 2.05) is 0 Å². The Balaban J connectivity index is 1.50. The van der Waals surface area contributed by atoms with Crippen molar-refractivity contribution in [3.8, 4) is 0 Å². The van der Waals surface area contributed by atoms with Crippen LogP contribution in [0.1, 0.15) is 43.1 Å². The maximum absolute atomic E-state index is 13.3. The number of anilines is 2. The SMILES string of the molecule is CC(C(=O)Nc1ccc(S(=O)(=O)Nc2ncccn2)cc1)n1nc(C(F)(F)F)c(Br)c1C1CC1. The van der Waals surface area contributed by atoms with Crippen LogP contribution in [0.2, 0.25) is 0 Å². The van der Waals surface area contributed by atoms with Crippen molar-refractivity contribution in [1.82, 2.24) is 19.7 Å². The number of carbonyl (C=O) groups is 1. The Morgan fingerprint density at radius 1 is 1.18 bits per heavy atom. The van der Waals surface area contributed by atoms with E-state index >= 15 is 0 Å². The number of alkyl halides is 3. The summed E-state index contributed by atoms with van der Waals surface area (Å²) in [6, 6.07) is 5.78. The van der Waals surface area contributed by atoms with Crippen LogP contribution >= 0.6 is 15.9 Å². The number of amides is 1. The van der Waals surface area contributed by atoms with Crippen LogP contribution in [0, 0.1) is 0 Å². The zero-order chi connectivity index (χ0) is 24.7. The van der Waals surface area contributed by atoms with Gasteiger partial charge in [0.1, 0.15) is 6.04 Å². The Morgan fingerprint density at radius 3 is 2.35 bits per heavy atom. The van der Waals surface area contributed by atoms with E-state index < -0.39 is 33.8 Å². The Hall–Kier alpha value is -3.00. The van der Waals surface area contributed by atoms with Gasteiger partial charge in [-0.25, -0.2) is 23.1 Å². The molecule has 2 N–H and O–H groups in total. The predicted octanol–water partition coefficient (Wildman–Crippen LogP) is 4.33. The van der Waals surface area contributed by atoms with Gasteiger partial charge in [-0.15, -0.1) is 0 Å². The fourth-order valence-corrected chi connectivity index (χ4v) is 5.00. The highest BCUT2D eigenvalue weighted by atomic mass is 79.9. The highest BCUT2D eigenvalue weighted by Crippen LogP contribution is 2.47. The van der Waals surface area contributed by atoms with Gasteiger partial charge in [0.05, 0.1) is 15.1 Å². The highest BCUT2D eigenvalue weighted by Gasteiger charge is 2.43. The van der Waals surface area contributed by atoms with Crippen LogP contribution in [0.15, 0.2) is 52.1 Å². The molecule has 1 saturated carbocycles. The van der Waals surface area contributed by atoms with Crippen molar-refractivity contribution in [2.24, 2.45) is 0 Å². The lowest BCUT2D eigenvalue weighted by atomic mass is 10.2. The molecule has 0 aliphatic heterocycles. The molecular weight excluding hydrogens is 541 g/mol. The zero-order valence-electron chi connectivity index (χ0n) is 17.5. The highest BCUT2D eigenvalue weighted by molar-refractivity contribution is 9.10. The van der Waals surface area contributed by atoms with E-state index in [1.165, 1.54) is 49.6 Å². The van der Waals surface area contributed by atoms with Crippen LogP contribution in [-0.2, 0) is 21.0 Å². The predicted molar refractivity (Wildman–Crippen MR) is 120 cm³/mol. The number of sulfonamides is 1. The fourth-order valence-electron chi connectivity index (χ4n) is 3.23. The summed E-state index contributed by atoms with van der Waals surface area (Å²) in [7, 11) is -3.96. The maximum Gasteiger partial charge on any atom is 0.436 e. The van der Waals surface area contributed by atoms with Crippen molar-refractivity contribution >= 4 is 43.5 Å². The second-order valence-corrected chi connectivity index (χ2v) is 10.1. The first-order chi connectivity index (χ1) is 16.0. The molecule has 0 saturated heterocycles. The molecule has 34 heavy (non-hydrogen) atoms. The molecule has 0 spiro atoms. The third-order valence-corrected chi connectivity index (χ3v) is 7.22. The van der Waals surface area contributed by atoms with Gasteiger partial charge in [0.15, 0.2) is 5.69 Å². The molecule has 1 aliphatic rings. The second kappa shape index (κ2) is 8.98. The minimum atomic E-state index is -4.66. The summed E-state index contributed by atoms with van der Waals surface area (Å²) < 4.78 is 68.1. The molecule has 0 radical (unpaired) electrons. The first-order valence-electron chi connectivity index (χ1n) is 10.0. The van der Waals surface area contributed by atoms with Crippen LogP contribution in [0.25, 0.3) is 0 Å². The Labute approximate surface area is 201 Å². The molecule has 2 aromatic heterocycles. The quantitative estimate of drug-likeness (QED) is 0.445. The van der Waals surface area contributed by atoms with E-state index in [9.17, 15) is 26.4 Å². The lowest BCUT2D eigenvalue weighted by Crippen LogP contribution is -2.26. The summed E-state index contributed by atoms with van der Waals surface area (Å²) >= 11 is 3.01. The van der Waals surface area contributed by atoms with Crippen molar-refractivity contribution in [3.63, 3.8) is 0 Å². The Kier molecular flexibility index (Phi) is 6.38. The van der Waals surface area contributed by atoms with Gasteiger partial charge in [0.25, 0.3) is 10.0 Å². The van der Waals surface area contributed by atoms with Gasteiger partial charge in [-0.1, -0.05) is 0 Å². The number of halogens is 4. The first kappa shape index (κ1) is 24.1. The fraction of sp³-hybridized carbons (Fsp3) is 0.300. The van der Waals surface area contributed by atoms with Crippen molar-refractivity contribution in [2.45, 2.75) is 42.8 Å². The van der Waals surface area contributed by atoms with E-state index in [-0.39, 0.29) is 26.9 Å². The number of hydrogen-bond acceptors (Lipinski definition) is 6. The third-order valence-electron chi connectivity index (χ3n) is 5.09. The van der Waals surface area contributed by atoms with Crippen molar-refractivity contribution in [2.75, 3.05) is 10.0 Å². The second-order valence-electron chi connectivity index (χ2n) is 7.63. The average molecular weight is 559 g/mol. The third kappa shape index (κ3) is 5.06. The largest absolute Gasteiger partial charge is 0.436 e. The van der Waals surface area contributed by atoms with Crippen molar-refractivity contribution < 1.29 is 26.4 Å². The number of nitrogens with one attached hydrogen (secondary N) is 2. The normalized spacial score (nSPS) is 15.1. The molecular formula is C20H18BrF3N6O3S. The Morgan fingerprint density at radius 2 is 1.79 bits per heavy atom. The van der Waals surface area contributed by atoms with Gasteiger partial charge >= 0.3 is 6.18 Å². The molecule has 14 heteroatoms. The standard InChI is InChI=1S/C20H18BrF3N6O3S/c1-11(30-16(12-3-4-12)15(21)17(28-30)20(22,23)24)18(31)27-13-5-7-14(8-6-13)34(32,33)29-19-25-9-2-10-26-19/h2,5-12H,3-4H2,1H3,(H,27,31)(H,25,26,29). The number of hydrogen-bond donors (Lipinski definition) is 2. The molecule has 9 nitrogen and oxygen atoms in total. The summed E-state index contributed by atoms with van der Waals surface area (Å²) in [4.78, 5) is 20.3. The van der Waals surface area contributed by atoms with Crippen LogP contribution in [0.5, 0.6) is 0 Å². The number of benzene rings is 1. The molecule has 1 unspecified atom stereocenters. The Bertz CT molecular complexity index is 1310. The summed E-state index contributed by atoms with van der Waals surface area (Å²) in [5.41, 5.74) is -0.467. The van der Waals surface area contributed by atoms with E-state index in [1.54, 1.807) is 0 Å². The smallest absolute Gasteiger partial charge is 0.324 e. The summed E-state index contributed by atoms with van der Waals surface area (Å²) in [6.45, 7) is 1.45. The van der Waals surface area contributed by atoms with Crippen LogP contribution in [-0.4, -0.2) is 34.1 Å². The number of nitrogens with zero attached hydrogens (tertiary/aromatic N) is 4. The monoisotopic (exact) mass is 558 g/mol. The summed E-state index contributed by atoms with van der Waals surface area (Å²) in [5.74, 6) is -0.792. The first-order valence-corrected chi connectivity index (χ1v) is 12.3. The van der Waals surface area contributed by atoms with Crippen LogP contribution in [0.4, 0.5) is 24.8 Å². The van der Waals surface area contributed by atoms with E-state index in [4.69, 9.17) is 0 Å². The molecule has 1 fully saturated rings. The van der Waals surface area contributed by atoms with E-state index in [2.05, 4.69) is 41.0 Å². The summed E-state index contributed by atoms with van der Waals surface area (Å²) in [6.07, 6.45) is -0.462. The number of aromatic nitrogens is 4. The molecule has 1 aliphatic carbocycles. The number of rotatable bonds is 7. The van der Waals surface area contributed by atoms with E-state index in [0.29, 0.717) is 18.5 Å². The zero-order valence-corrected chi connectivity index (χ0v) is 19.9. The molecule has 0 bridgehead atoms.